The molecule has 3 heterocycles. The molecule has 3 aromatic carbocycles. The largest absolute Gasteiger partial charge is 0.496 e. The number of methoxy groups -OCH3 is 2. The first kappa shape index (κ1) is 35.9. The molecule has 1 aliphatic heterocycles. The van der Waals surface area contributed by atoms with Crippen LogP contribution in [0.15, 0.2) is 66.9 Å². The third-order valence-electron chi connectivity index (χ3n) is 8.72. The number of carbonyl (C=O) groups is 1. The van der Waals surface area contributed by atoms with E-state index in [1.165, 1.54) is 0 Å². The SMILES string of the molecule is COc1cc(-c2nccc(-c3cccc(-c4ccc5c(OC)c(CNC[C@H](C)O)cc(Cl)c5n4)c3Cl)c2Cl)ccc1CNCC1CCC(=O)N1. The molecule has 0 radical (unpaired) electrons. The number of nitrogens with zero attached hydrogens (tertiary/aromatic N) is 2. The van der Waals surface area contributed by atoms with E-state index in [-0.39, 0.29) is 11.9 Å². The molecule has 2 aromatic heterocycles. The van der Waals surface area contributed by atoms with Gasteiger partial charge in [0.1, 0.15) is 11.5 Å². The van der Waals surface area contributed by atoms with Crippen LogP contribution in [-0.2, 0) is 17.9 Å². The molecule has 5 aromatic rings. The third kappa shape index (κ3) is 7.68. The highest BCUT2D eigenvalue weighted by atomic mass is 35.5. The van der Waals surface area contributed by atoms with Crippen molar-refractivity contribution in [2.45, 2.75) is 45.0 Å². The maximum atomic E-state index is 11.5. The van der Waals surface area contributed by atoms with Crippen molar-refractivity contribution in [2.24, 2.45) is 0 Å². The van der Waals surface area contributed by atoms with E-state index in [0.29, 0.717) is 81.6 Å². The summed E-state index contributed by atoms with van der Waals surface area (Å²) >= 11 is 21.0. The summed E-state index contributed by atoms with van der Waals surface area (Å²) in [7, 11) is 3.25. The van der Waals surface area contributed by atoms with E-state index in [9.17, 15) is 9.90 Å². The van der Waals surface area contributed by atoms with Gasteiger partial charge in [0.15, 0.2) is 0 Å². The van der Waals surface area contributed by atoms with E-state index in [1.54, 1.807) is 27.3 Å². The highest BCUT2D eigenvalue weighted by Crippen LogP contribution is 2.43. The van der Waals surface area contributed by atoms with Crippen LogP contribution in [0, 0.1) is 0 Å². The molecule has 1 aliphatic rings. The van der Waals surface area contributed by atoms with E-state index in [2.05, 4.69) is 20.9 Å². The van der Waals surface area contributed by atoms with E-state index in [4.69, 9.17) is 49.3 Å². The molecular weight excluding hydrogens is 697 g/mol. The number of halogens is 3. The summed E-state index contributed by atoms with van der Waals surface area (Å²) in [5, 5.41) is 21.4. The lowest BCUT2D eigenvalue weighted by atomic mass is 9.99. The van der Waals surface area contributed by atoms with Crippen molar-refractivity contribution in [1.82, 2.24) is 25.9 Å². The fraction of sp³-hybridized carbons (Fsp3) is 0.289. The minimum atomic E-state index is -0.474. The van der Waals surface area contributed by atoms with Gasteiger partial charge in [-0.1, -0.05) is 65.1 Å². The predicted octanol–water partition coefficient (Wildman–Crippen LogP) is 7.45. The minimum absolute atomic E-state index is 0.100. The topological polar surface area (TPSA) is 118 Å². The molecule has 260 valence electrons. The maximum Gasteiger partial charge on any atom is 0.220 e. The average molecular weight is 735 g/mol. The Bertz CT molecular complexity index is 2040. The molecule has 0 bridgehead atoms. The number of carbonyl (C=O) groups excluding carboxylic acids is 1. The Labute approximate surface area is 306 Å². The van der Waals surface area contributed by atoms with Gasteiger partial charge in [-0.15, -0.1) is 0 Å². The second-order valence-electron chi connectivity index (χ2n) is 12.3. The molecule has 0 spiro atoms. The number of fused-ring (bicyclic) bond motifs is 1. The monoisotopic (exact) mass is 733 g/mol. The zero-order valence-corrected chi connectivity index (χ0v) is 30.2. The second kappa shape index (κ2) is 15.9. The maximum absolute atomic E-state index is 11.5. The van der Waals surface area contributed by atoms with Crippen molar-refractivity contribution in [3.63, 3.8) is 0 Å². The van der Waals surface area contributed by atoms with E-state index >= 15 is 0 Å². The number of nitrogens with one attached hydrogen (secondary N) is 3. The quantitative estimate of drug-likeness (QED) is 0.0987. The molecule has 0 saturated carbocycles. The third-order valence-corrected chi connectivity index (χ3v) is 9.80. The van der Waals surface area contributed by atoms with Crippen molar-refractivity contribution in [1.29, 1.82) is 0 Å². The lowest BCUT2D eigenvalue weighted by molar-refractivity contribution is -0.119. The summed E-state index contributed by atoms with van der Waals surface area (Å²) in [5.74, 6) is 1.47. The smallest absolute Gasteiger partial charge is 0.220 e. The van der Waals surface area contributed by atoms with Crippen molar-refractivity contribution >= 4 is 51.6 Å². The van der Waals surface area contributed by atoms with E-state index in [0.717, 1.165) is 39.6 Å². The van der Waals surface area contributed by atoms with Gasteiger partial charge in [0, 0.05) is 83.6 Å². The minimum Gasteiger partial charge on any atom is -0.496 e. The molecule has 50 heavy (non-hydrogen) atoms. The standard InChI is InChI=1S/C38H38Cl3N5O4/c1-21(47)17-42-19-24-15-30(39)37-29(38(24)50-3)10-11-31(46-37)28-6-4-5-26(34(28)40)27-13-14-44-36(35(27)41)22-7-8-23(32(16-22)49-2)18-43-20-25-9-12-33(48)45-25/h4-8,10-11,13-16,21,25,42-43,47H,9,12,17-20H2,1-3H3,(H,45,48)/t21-,25?/m0/s1. The van der Waals surface area contributed by atoms with Crippen LogP contribution in [0.5, 0.6) is 11.5 Å². The van der Waals surface area contributed by atoms with Gasteiger partial charge in [0.25, 0.3) is 0 Å². The van der Waals surface area contributed by atoms with Crippen molar-refractivity contribution in [3.8, 4) is 45.1 Å². The molecule has 2 atom stereocenters. The fourth-order valence-corrected chi connectivity index (χ4v) is 7.19. The van der Waals surface area contributed by atoms with E-state index in [1.807, 2.05) is 60.7 Å². The molecule has 1 unspecified atom stereocenters. The van der Waals surface area contributed by atoms with Crippen LogP contribution in [0.25, 0.3) is 44.5 Å². The molecular formula is C38H38Cl3N5O4. The number of aliphatic hydroxyl groups excluding tert-OH is 1. The predicted molar refractivity (Wildman–Crippen MR) is 200 cm³/mol. The molecule has 0 aliphatic carbocycles. The first-order valence-electron chi connectivity index (χ1n) is 16.3. The van der Waals surface area contributed by atoms with Crippen molar-refractivity contribution in [2.75, 3.05) is 27.3 Å². The number of aromatic nitrogens is 2. The van der Waals surface area contributed by atoms with Gasteiger partial charge >= 0.3 is 0 Å². The number of ether oxygens (including phenoxy) is 2. The Balaban J connectivity index is 1.28. The van der Waals surface area contributed by atoms with Gasteiger partial charge in [-0.25, -0.2) is 4.98 Å². The number of amides is 1. The first-order valence-corrected chi connectivity index (χ1v) is 17.5. The highest BCUT2D eigenvalue weighted by molar-refractivity contribution is 6.39. The van der Waals surface area contributed by atoms with Crippen LogP contribution in [0.2, 0.25) is 15.1 Å². The van der Waals surface area contributed by atoms with Gasteiger partial charge in [-0.2, -0.15) is 0 Å². The van der Waals surface area contributed by atoms with Gasteiger partial charge in [0.05, 0.1) is 52.3 Å². The van der Waals surface area contributed by atoms with Gasteiger partial charge in [-0.05, 0) is 43.7 Å². The summed E-state index contributed by atoms with van der Waals surface area (Å²) in [6.07, 6.45) is 2.65. The molecule has 9 nitrogen and oxygen atoms in total. The summed E-state index contributed by atoms with van der Waals surface area (Å²) < 4.78 is 11.5. The van der Waals surface area contributed by atoms with Crippen LogP contribution >= 0.6 is 34.8 Å². The van der Waals surface area contributed by atoms with Gasteiger partial charge in [0.2, 0.25) is 5.91 Å². The summed E-state index contributed by atoms with van der Waals surface area (Å²) in [6.45, 7) is 3.91. The average Bonchev–Trinajstić information content (AvgIpc) is 3.53. The van der Waals surface area contributed by atoms with E-state index < -0.39 is 6.10 Å². The second-order valence-corrected chi connectivity index (χ2v) is 13.4. The number of aliphatic hydroxyl groups is 1. The molecule has 4 N–H and O–H groups in total. The van der Waals surface area contributed by atoms with Crippen molar-refractivity contribution in [3.05, 3.63) is 93.1 Å². The normalized spacial score (nSPS) is 14.9. The van der Waals surface area contributed by atoms with Crippen LogP contribution in [-0.4, -0.2) is 60.4 Å². The Morgan fingerprint density at radius 3 is 2.46 bits per heavy atom. The van der Waals surface area contributed by atoms with Gasteiger partial charge in [-0.3, -0.25) is 9.78 Å². The Morgan fingerprint density at radius 2 is 1.72 bits per heavy atom. The van der Waals surface area contributed by atoms with Crippen LogP contribution in [0.3, 0.4) is 0 Å². The molecule has 1 fully saturated rings. The van der Waals surface area contributed by atoms with Crippen molar-refractivity contribution < 1.29 is 19.4 Å². The fourth-order valence-electron chi connectivity index (χ4n) is 6.26. The number of hydrogen-bond donors (Lipinski definition) is 4. The number of pyridine rings is 2. The van der Waals surface area contributed by atoms with Crippen LogP contribution in [0.1, 0.15) is 30.9 Å². The Kier molecular flexibility index (Phi) is 11.4. The number of rotatable bonds is 13. The first-order chi connectivity index (χ1) is 24.2. The molecule has 1 amide bonds. The summed E-state index contributed by atoms with van der Waals surface area (Å²) in [6, 6.07) is 19.3. The lowest BCUT2D eigenvalue weighted by Crippen LogP contribution is -2.35. The van der Waals surface area contributed by atoms with Crippen LogP contribution < -0.4 is 25.4 Å². The molecule has 12 heteroatoms. The lowest BCUT2D eigenvalue weighted by Gasteiger charge is -2.16. The van der Waals surface area contributed by atoms with Crippen LogP contribution in [0.4, 0.5) is 0 Å². The number of benzene rings is 3. The van der Waals surface area contributed by atoms with Gasteiger partial charge < -0.3 is 30.5 Å². The summed E-state index contributed by atoms with van der Waals surface area (Å²) in [5.41, 5.74) is 6.64. The Hall–Kier alpha value is -3.96. The Morgan fingerprint density at radius 1 is 0.940 bits per heavy atom. The zero-order chi connectivity index (χ0) is 35.4. The highest BCUT2D eigenvalue weighted by Gasteiger charge is 2.21. The zero-order valence-electron chi connectivity index (χ0n) is 27.9. The molecule has 6 rings (SSSR count). The molecule has 1 saturated heterocycles. The number of hydrogen-bond acceptors (Lipinski definition) is 8. The summed E-state index contributed by atoms with van der Waals surface area (Å²) in [4.78, 5) is 21.1.